The van der Waals surface area contributed by atoms with Crippen LogP contribution in [0.4, 0.5) is 0 Å². The molecule has 0 heterocycles. The first-order chi connectivity index (χ1) is 8.10. The number of hydrogen-bond donors (Lipinski definition) is 2. The zero-order chi connectivity index (χ0) is 12.8. The smallest absolute Gasteiger partial charge is 0.252 e. The van der Waals surface area contributed by atoms with Gasteiger partial charge >= 0.3 is 0 Å². The summed E-state index contributed by atoms with van der Waals surface area (Å²) < 4.78 is 0.920. The third kappa shape index (κ3) is 3.96. The van der Waals surface area contributed by atoms with Gasteiger partial charge in [0.25, 0.3) is 5.91 Å². The molecule has 4 heteroatoms. The van der Waals surface area contributed by atoms with Crippen molar-refractivity contribution in [3.63, 3.8) is 0 Å². The molecule has 1 aromatic rings. The van der Waals surface area contributed by atoms with Crippen LogP contribution < -0.4 is 5.32 Å². The Morgan fingerprint density at radius 3 is 2.65 bits per heavy atom. The highest BCUT2D eigenvalue weighted by molar-refractivity contribution is 14.1. The Bertz CT molecular complexity index is 381. The highest BCUT2D eigenvalue weighted by atomic mass is 127. The number of halogens is 1. The van der Waals surface area contributed by atoms with Crippen molar-refractivity contribution in [2.45, 2.75) is 26.3 Å². The topological polar surface area (TPSA) is 49.3 Å². The van der Waals surface area contributed by atoms with Crippen molar-refractivity contribution in [3.8, 4) is 0 Å². The van der Waals surface area contributed by atoms with Crippen LogP contribution in [0.1, 0.15) is 30.6 Å². The predicted molar refractivity (Wildman–Crippen MR) is 77.0 cm³/mol. The minimum absolute atomic E-state index is 0.0237. The Hall–Kier alpha value is -0.620. The lowest BCUT2D eigenvalue weighted by Gasteiger charge is -2.22. The van der Waals surface area contributed by atoms with Gasteiger partial charge in [-0.2, -0.15) is 0 Å². The molecule has 2 N–H and O–H groups in total. The number of amides is 1. The van der Waals surface area contributed by atoms with E-state index in [1.54, 1.807) is 6.07 Å². The van der Waals surface area contributed by atoms with Gasteiger partial charge in [-0.25, -0.2) is 0 Å². The maximum atomic E-state index is 12.0. The largest absolute Gasteiger partial charge is 0.394 e. The second-order valence-corrected chi connectivity index (χ2v) is 5.29. The third-order valence-electron chi connectivity index (χ3n) is 2.96. The predicted octanol–water partition coefficient (Wildman–Crippen LogP) is 2.43. The Balaban J connectivity index is 2.75. The van der Waals surface area contributed by atoms with Crippen LogP contribution in [0.3, 0.4) is 0 Å². The van der Waals surface area contributed by atoms with E-state index in [1.807, 2.05) is 32.0 Å². The van der Waals surface area contributed by atoms with Crippen LogP contribution in [0.2, 0.25) is 0 Å². The zero-order valence-electron chi connectivity index (χ0n) is 10.1. The Kier molecular flexibility index (Phi) is 5.91. The van der Waals surface area contributed by atoms with Crippen molar-refractivity contribution in [3.05, 3.63) is 33.4 Å². The van der Waals surface area contributed by atoms with E-state index in [0.29, 0.717) is 5.56 Å². The maximum absolute atomic E-state index is 12.0. The standard InChI is InChI=1S/C13H18INO2/c1-3-9(2)12(8-16)15-13(17)10-6-4-5-7-11(10)14/h4-7,9,12,16H,3,8H2,1-2H3,(H,15,17). The van der Waals surface area contributed by atoms with Crippen LogP contribution >= 0.6 is 22.6 Å². The molecule has 2 atom stereocenters. The zero-order valence-corrected chi connectivity index (χ0v) is 12.3. The van der Waals surface area contributed by atoms with Gasteiger partial charge in [0.05, 0.1) is 18.2 Å². The number of carbonyl (C=O) groups is 1. The highest BCUT2D eigenvalue weighted by Crippen LogP contribution is 2.13. The molecular weight excluding hydrogens is 329 g/mol. The van der Waals surface area contributed by atoms with E-state index in [4.69, 9.17) is 0 Å². The molecule has 0 radical (unpaired) electrons. The van der Waals surface area contributed by atoms with Gasteiger partial charge in [-0.1, -0.05) is 32.4 Å². The number of nitrogens with one attached hydrogen (secondary N) is 1. The van der Waals surface area contributed by atoms with E-state index in [0.717, 1.165) is 9.99 Å². The molecule has 0 aliphatic carbocycles. The molecule has 0 aliphatic rings. The molecule has 0 spiro atoms. The SMILES string of the molecule is CCC(C)C(CO)NC(=O)c1ccccc1I. The van der Waals surface area contributed by atoms with E-state index in [9.17, 15) is 9.90 Å². The average molecular weight is 347 g/mol. The number of carbonyl (C=O) groups excluding carboxylic acids is 1. The molecule has 0 saturated carbocycles. The lowest BCUT2D eigenvalue weighted by atomic mass is 9.99. The lowest BCUT2D eigenvalue weighted by Crippen LogP contribution is -2.42. The first-order valence-corrected chi connectivity index (χ1v) is 6.84. The average Bonchev–Trinajstić information content (AvgIpc) is 2.35. The summed E-state index contributed by atoms with van der Waals surface area (Å²) in [5.74, 6) is 0.152. The van der Waals surface area contributed by atoms with Crippen LogP contribution in [0.5, 0.6) is 0 Å². The Morgan fingerprint density at radius 1 is 1.47 bits per heavy atom. The number of rotatable bonds is 5. The third-order valence-corrected chi connectivity index (χ3v) is 3.90. The molecule has 1 rings (SSSR count). The summed E-state index contributed by atoms with van der Waals surface area (Å²) in [6, 6.07) is 7.25. The highest BCUT2D eigenvalue weighted by Gasteiger charge is 2.19. The van der Waals surface area contributed by atoms with Crippen LogP contribution in [0.15, 0.2) is 24.3 Å². The van der Waals surface area contributed by atoms with Crippen LogP contribution in [-0.2, 0) is 0 Å². The summed E-state index contributed by atoms with van der Waals surface area (Å²) in [6.45, 7) is 4.05. The van der Waals surface area contributed by atoms with Crippen molar-refractivity contribution < 1.29 is 9.90 Å². The van der Waals surface area contributed by atoms with Gasteiger partial charge in [0.2, 0.25) is 0 Å². The number of hydrogen-bond acceptors (Lipinski definition) is 2. The molecular formula is C13H18INO2. The second-order valence-electron chi connectivity index (χ2n) is 4.13. The molecule has 94 valence electrons. The molecule has 1 aromatic carbocycles. The van der Waals surface area contributed by atoms with Gasteiger partial charge in [-0.15, -0.1) is 0 Å². The van der Waals surface area contributed by atoms with Crippen molar-refractivity contribution >= 4 is 28.5 Å². The normalized spacial score (nSPS) is 14.1. The maximum Gasteiger partial charge on any atom is 0.252 e. The monoisotopic (exact) mass is 347 g/mol. The fourth-order valence-corrected chi connectivity index (χ4v) is 2.18. The van der Waals surface area contributed by atoms with E-state index in [-0.39, 0.29) is 24.5 Å². The molecule has 0 saturated heterocycles. The van der Waals surface area contributed by atoms with E-state index >= 15 is 0 Å². The quantitative estimate of drug-likeness (QED) is 0.804. The van der Waals surface area contributed by atoms with E-state index < -0.39 is 0 Å². The van der Waals surface area contributed by atoms with Gasteiger partial charge in [-0.3, -0.25) is 4.79 Å². The Labute approximate surface area is 116 Å². The van der Waals surface area contributed by atoms with E-state index in [2.05, 4.69) is 27.9 Å². The van der Waals surface area contributed by atoms with Crippen LogP contribution in [-0.4, -0.2) is 23.7 Å². The number of aliphatic hydroxyl groups is 1. The minimum Gasteiger partial charge on any atom is -0.394 e. The van der Waals surface area contributed by atoms with Crippen LogP contribution in [0, 0.1) is 9.49 Å². The Morgan fingerprint density at radius 2 is 2.12 bits per heavy atom. The molecule has 0 aliphatic heterocycles. The molecule has 17 heavy (non-hydrogen) atoms. The summed E-state index contributed by atoms with van der Waals surface area (Å²) in [5.41, 5.74) is 0.662. The van der Waals surface area contributed by atoms with Crippen molar-refractivity contribution in [1.82, 2.24) is 5.32 Å². The fourth-order valence-electron chi connectivity index (χ4n) is 1.54. The summed E-state index contributed by atoms with van der Waals surface area (Å²) >= 11 is 2.14. The summed E-state index contributed by atoms with van der Waals surface area (Å²) in [4.78, 5) is 12.0. The summed E-state index contributed by atoms with van der Waals surface area (Å²) in [7, 11) is 0. The number of aliphatic hydroxyl groups excluding tert-OH is 1. The van der Waals surface area contributed by atoms with E-state index in [1.165, 1.54) is 0 Å². The van der Waals surface area contributed by atoms with Crippen molar-refractivity contribution in [2.24, 2.45) is 5.92 Å². The summed E-state index contributed by atoms with van der Waals surface area (Å²) in [6.07, 6.45) is 0.928. The van der Waals surface area contributed by atoms with Gasteiger partial charge in [-0.05, 0) is 40.6 Å². The van der Waals surface area contributed by atoms with Gasteiger partial charge in [0, 0.05) is 3.57 Å². The molecule has 2 unspecified atom stereocenters. The van der Waals surface area contributed by atoms with Gasteiger partial charge < -0.3 is 10.4 Å². The van der Waals surface area contributed by atoms with Gasteiger partial charge in [0.15, 0.2) is 0 Å². The molecule has 1 amide bonds. The summed E-state index contributed by atoms with van der Waals surface area (Å²) in [5, 5.41) is 12.2. The number of benzene rings is 1. The first kappa shape index (κ1) is 14.4. The van der Waals surface area contributed by atoms with Crippen molar-refractivity contribution in [2.75, 3.05) is 6.61 Å². The lowest BCUT2D eigenvalue weighted by molar-refractivity contribution is 0.0890. The van der Waals surface area contributed by atoms with Gasteiger partial charge in [0.1, 0.15) is 0 Å². The van der Waals surface area contributed by atoms with Crippen molar-refractivity contribution in [1.29, 1.82) is 0 Å². The molecule has 0 bridgehead atoms. The fraction of sp³-hybridized carbons (Fsp3) is 0.462. The molecule has 0 aromatic heterocycles. The van der Waals surface area contributed by atoms with Crippen LogP contribution in [0.25, 0.3) is 0 Å². The first-order valence-electron chi connectivity index (χ1n) is 5.76. The minimum atomic E-state index is -0.177. The molecule has 3 nitrogen and oxygen atoms in total. The second kappa shape index (κ2) is 6.96. The molecule has 0 fully saturated rings.